The van der Waals surface area contributed by atoms with Crippen molar-refractivity contribution in [3.63, 3.8) is 0 Å². The Balaban J connectivity index is 1.35. The first-order valence-electron chi connectivity index (χ1n) is 12.3. The first-order valence-corrected chi connectivity index (χ1v) is 13.1. The van der Waals surface area contributed by atoms with Crippen molar-refractivity contribution >= 4 is 37.9 Å². The molecule has 2 aromatic heterocycles. The minimum atomic E-state index is 0.605. The molecule has 0 unspecified atom stereocenters. The zero-order valence-electron chi connectivity index (χ0n) is 20.2. The van der Waals surface area contributed by atoms with Crippen molar-refractivity contribution in [2.24, 2.45) is 0 Å². The van der Waals surface area contributed by atoms with Crippen LogP contribution < -0.4 is 0 Å². The Kier molecular flexibility index (Phi) is 5.56. The van der Waals surface area contributed by atoms with Crippen LogP contribution in [0.15, 0.2) is 130 Å². The van der Waals surface area contributed by atoms with Crippen molar-refractivity contribution in [3.05, 3.63) is 126 Å². The Hall–Kier alpha value is -4.61. The van der Waals surface area contributed by atoms with Crippen molar-refractivity contribution in [2.75, 3.05) is 0 Å². The molecule has 7 aromatic rings. The number of rotatable bonds is 4. The fraction of sp³-hybridized carbons (Fsp3) is 0. The molecule has 0 bridgehead atoms. The highest BCUT2D eigenvalue weighted by Gasteiger charge is 2.14. The smallest absolute Gasteiger partial charge is 0.164 e. The topological polar surface area (TPSA) is 51.8 Å². The number of para-hydroxylation sites is 1. The molecule has 0 radical (unpaired) electrons. The summed E-state index contributed by atoms with van der Waals surface area (Å²) in [5.41, 5.74) is 6.71. The van der Waals surface area contributed by atoms with Crippen LogP contribution in [0.5, 0.6) is 0 Å². The highest BCUT2D eigenvalue weighted by Crippen LogP contribution is 2.33. The van der Waals surface area contributed by atoms with E-state index in [1.807, 2.05) is 66.7 Å². The van der Waals surface area contributed by atoms with Crippen LogP contribution in [0.2, 0.25) is 0 Å². The lowest BCUT2D eigenvalue weighted by molar-refractivity contribution is 0.669. The molecular formula is C33H20BrN3O. The fourth-order valence-corrected chi connectivity index (χ4v) is 4.93. The first-order chi connectivity index (χ1) is 18.7. The van der Waals surface area contributed by atoms with Crippen molar-refractivity contribution in [3.8, 4) is 45.3 Å². The molecule has 5 aromatic carbocycles. The van der Waals surface area contributed by atoms with Crippen molar-refractivity contribution in [2.45, 2.75) is 0 Å². The molecule has 0 aliphatic heterocycles. The van der Waals surface area contributed by atoms with Crippen LogP contribution >= 0.6 is 15.9 Å². The summed E-state index contributed by atoms with van der Waals surface area (Å²) in [5.74, 6) is 1.86. The summed E-state index contributed by atoms with van der Waals surface area (Å²) < 4.78 is 7.19. The Morgan fingerprint density at radius 3 is 1.63 bits per heavy atom. The predicted molar refractivity (Wildman–Crippen MR) is 157 cm³/mol. The zero-order chi connectivity index (χ0) is 25.5. The molecule has 38 heavy (non-hydrogen) atoms. The van der Waals surface area contributed by atoms with Gasteiger partial charge in [0.2, 0.25) is 0 Å². The number of hydrogen-bond acceptors (Lipinski definition) is 4. The second-order valence-electron chi connectivity index (χ2n) is 9.07. The van der Waals surface area contributed by atoms with Gasteiger partial charge in [0.15, 0.2) is 17.5 Å². The standard InChI is InChI=1S/C33H20BrN3O/c34-26-17-14-22(15-18-26)21-10-12-24(13-11-21)32-35-31(23-6-2-1-3-7-23)36-33(37-32)25-16-19-28-27-8-4-5-9-29(27)38-30(28)20-25/h1-20H. The number of hydrogen-bond donors (Lipinski definition) is 0. The second-order valence-corrected chi connectivity index (χ2v) is 9.98. The molecule has 2 heterocycles. The molecule has 4 nitrogen and oxygen atoms in total. The average Bonchev–Trinajstić information content (AvgIpc) is 3.36. The van der Waals surface area contributed by atoms with Crippen molar-refractivity contribution < 1.29 is 4.42 Å². The quantitative estimate of drug-likeness (QED) is 0.218. The van der Waals surface area contributed by atoms with Crippen molar-refractivity contribution in [1.29, 1.82) is 0 Å². The van der Waals surface area contributed by atoms with Gasteiger partial charge >= 0.3 is 0 Å². The molecule has 0 aliphatic carbocycles. The summed E-state index contributed by atoms with van der Waals surface area (Å²) in [6.07, 6.45) is 0. The summed E-state index contributed by atoms with van der Waals surface area (Å²) in [6, 6.07) is 40.8. The van der Waals surface area contributed by atoms with Crippen LogP contribution in [-0.4, -0.2) is 15.0 Å². The van der Waals surface area contributed by atoms with Gasteiger partial charge < -0.3 is 4.42 Å². The molecule has 0 atom stereocenters. The summed E-state index contributed by atoms with van der Waals surface area (Å²) in [6.45, 7) is 0. The van der Waals surface area contributed by atoms with Gasteiger partial charge in [-0.05, 0) is 41.5 Å². The lowest BCUT2D eigenvalue weighted by Crippen LogP contribution is -2.00. The molecular weight excluding hydrogens is 534 g/mol. The number of nitrogens with zero attached hydrogens (tertiary/aromatic N) is 3. The van der Waals surface area contributed by atoms with Gasteiger partial charge in [-0.2, -0.15) is 0 Å². The van der Waals surface area contributed by atoms with Crippen LogP contribution in [0.25, 0.3) is 67.2 Å². The highest BCUT2D eigenvalue weighted by atomic mass is 79.9. The normalized spacial score (nSPS) is 11.3. The first kappa shape index (κ1) is 22.6. The lowest BCUT2D eigenvalue weighted by atomic mass is 10.0. The third-order valence-electron chi connectivity index (χ3n) is 6.63. The third kappa shape index (κ3) is 4.17. The van der Waals surface area contributed by atoms with Crippen LogP contribution in [0.3, 0.4) is 0 Å². The monoisotopic (exact) mass is 553 g/mol. The van der Waals surface area contributed by atoms with E-state index in [9.17, 15) is 0 Å². The van der Waals surface area contributed by atoms with Crippen LogP contribution in [0, 0.1) is 0 Å². The maximum absolute atomic E-state index is 6.13. The van der Waals surface area contributed by atoms with Crippen molar-refractivity contribution in [1.82, 2.24) is 15.0 Å². The lowest BCUT2D eigenvalue weighted by Gasteiger charge is -2.09. The van der Waals surface area contributed by atoms with E-state index in [1.165, 1.54) is 0 Å². The SMILES string of the molecule is Brc1ccc(-c2ccc(-c3nc(-c4ccccc4)nc(-c4ccc5c(c4)oc4ccccc45)n3)cc2)cc1. The minimum Gasteiger partial charge on any atom is -0.456 e. The van der Waals surface area contributed by atoms with Gasteiger partial charge in [0.1, 0.15) is 11.2 Å². The van der Waals surface area contributed by atoms with E-state index in [0.29, 0.717) is 17.5 Å². The summed E-state index contributed by atoms with van der Waals surface area (Å²) >= 11 is 3.51. The molecule has 0 aliphatic rings. The maximum atomic E-state index is 6.13. The molecule has 0 saturated heterocycles. The average molecular weight is 554 g/mol. The van der Waals surface area contributed by atoms with Gasteiger partial charge in [-0.15, -0.1) is 0 Å². The van der Waals surface area contributed by atoms with E-state index in [1.54, 1.807) is 0 Å². The number of fused-ring (bicyclic) bond motifs is 3. The molecule has 0 fully saturated rings. The van der Waals surface area contributed by atoms with Gasteiger partial charge in [0.25, 0.3) is 0 Å². The molecule has 180 valence electrons. The molecule has 0 spiro atoms. The molecule has 5 heteroatoms. The summed E-state index contributed by atoms with van der Waals surface area (Å²) in [4.78, 5) is 14.6. The number of aromatic nitrogens is 3. The summed E-state index contributed by atoms with van der Waals surface area (Å²) in [7, 11) is 0. The van der Waals surface area contributed by atoms with Crippen LogP contribution in [0.4, 0.5) is 0 Å². The van der Waals surface area contributed by atoms with E-state index < -0.39 is 0 Å². The minimum absolute atomic E-state index is 0.605. The predicted octanol–water partition coefficient (Wildman–Crippen LogP) is 9.20. The van der Waals surface area contributed by atoms with Gasteiger partial charge in [-0.3, -0.25) is 0 Å². The fourth-order valence-electron chi connectivity index (χ4n) is 4.67. The second kappa shape index (κ2) is 9.36. The Labute approximate surface area is 227 Å². The molecule has 0 saturated carbocycles. The Bertz CT molecular complexity index is 1910. The maximum Gasteiger partial charge on any atom is 0.164 e. The number of halogens is 1. The van der Waals surface area contributed by atoms with Gasteiger partial charge in [-0.1, -0.05) is 107 Å². The highest BCUT2D eigenvalue weighted by molar-refractivity contribution is 9.10. The Morgan fingerprint density at radius 1 is 0.421 bits per heavy atom. The van der Waals surface area contributed by atoms with E-state index in [-0.39, 0.29) is 0 Å². The van der Waals surface area contributed by atoms with Gasteiger partial charge in [0.05, 0.1) is 0 Å². The number of furan rings is 1. The van der Waals surface area contributed by atoms with E-state index >= 15 is 0 Å². The van der Waals surface area contributed by atoms with Crippen LogP contribution in [-0.2, 0) is 0 Å². The summed E-state index contributed by atoms with van der Waals surface area (Å²) in [5, 5.41) is 2.17. The number of benzene rings is 5. The van der Waals surface area contributed by atoms with Crippen LogP contribution in [0.1, 0.15) is 0 Å². The molecule has 0 N–H and O–H groups in total. The van der Waals surface area contributed by atoms with E-state index in [2.05, 4.69) is 70.5 Å². The largest absolute Gasteiger partial charge is 0.456 e. The molecule has 0 amide bonds. The van der Waals surface area contributed by atoms with E-state index in [0.717, 1.165) is 54.2 Å². The van der Waals surface area contributed by atoms with Gasteiger partial charge in [0, 0.05) is 31.9 Å². The zero-order valence-corrected chi connectivity index (χ0v) is 21.8. The third-order valence-corrected chi connectivity index (χ3v) is 7.15. The molecule has 7 rings (SSSR count). The Morgan fingerprint density at radius 2 is 0.921 bits per heavy atom. The van der Waals surface area contributed by atoms with Gasteiger partial charge in [-0.25, -0.2) is 15.0 Å². The van der Waals surface area contributed by atoms with E-state index in [4.69, 9.17) is 19.4 Å².